The van der Waals surface area contributed by atoms with Gasteiger partial charge in [0.25, 0.3) is 0 Å². The molecule has 0 heterocycles. The van der Waals surface area contributed by atoms with E-state index in [2.05, 4.69) is 21.8 Å². The van der Waals surface area contributed by atoms with Crippen LogP contribution in [0.15, 0.2) is 41.5 Å². The number of carbonyl (C=O) groups is 2. The molecule has 2 aromatic carbocycles. The van der Waals surface area contributed by atoms with Gasteiger partial charge in [0.15, 0.2) is 11.5 Å². The topological polar surface area (TPSA) is 89.0 Å². The Bertz CT molecular complexity index is 1080. The molecule has 11 heteroatoms. The van der Waals surface area contributed by atoms with E-state index in [0.29, 0.717) is 17.1 Å². The lowest BCUT2D eigenvalue weighted by molar-refractivity contribution is -0.137. The van der Waals surface area contributed by atoms with E-state index in [0.717, 1.165) is 15.7 Å². The van der Waals surface area contributed by atoms with Gasteiger partial charge in [-0.1, -0.05) is 12.0 Å². The van der Waals surface area contributed by atoms with Gasteiger partial charge in [-0.15, -0.1) is 6.42 Å². The molecular formula is C22H19F3IN3O4. The Balaban J connectivity index is 1.87. The lowest BCUT2D eigenvalue weighted by Crippen LogP contribution is -2.20. The number of hydrogen-bond acceptors (Lipinski definition) is 5. The predicted molar refractivity (Wildman–Crippen MR) is 125 cm³/mol. The summed E-state index contributed by atoms with van der Waals surface area (Å²) in [5.41, 5.74) is 2.02. The molecule has 0 spiro atoms. The average molecular weight is 573 g/mol. The molecule has 2 rings (SSSR count). The second-order valence-electron chi connectivity index (χ2n) is 6.45. The third-order valence-electron chi connectivity index (χ3n) is 4.01. The van der Waals surface area contributed by atoms with Crippen molar-refractivity contribution in [3.05, 3.63) is 51.1 Å². The molecule has 0 radical (unpaired) electrons. The molecule has 0 aliphatic carbocycles. The molecule has 0 aromatic heterocycles. The first-order valence-electron chi connectivity index (χ1n) is 9.37. The number of benzene rings is 2. The van der Waals surface area contributed by atoms with Gasteiger partial charge in [-0.25, -0.2) is 5.43 Å². The standard InChI is InChI=1S/C22H19F3IN3O4/c1-3-9-33-21-17(26)10-14(11-18(21)32-2)13-27-29-20(31)8-7-19(30)28-16-6-4-5-15(12-16)22(23,24)25/h1,4-6,10-13H,7-9H2,2H3,(H,28,30)(H,29,31). The van der Waals surface area contributed by atoms with Crippen molar-refractivity contribution in [3.63, 3.8) is 0 Å². The van der Waals surface area contributed by atoms with E-state index in [1.165, 1.54) is 25.5 Å². The molecule has 2 amide bonds. The maximum atomic E-state index is 12.7. The first kappa shape index (κ1) is 26.0. The Morgan fingerprint density at radius 3 is 2.61 bits per heavy atom. The van der Waals surface area contributed by atoms with Gasteiger partial charge in [0.05, 0.1) is 22.5 Å². The molecular weight excluding hydrogens is 554 g/mol. The third-order valence-corrected chi connectivity index (χ3v) is 4.81. The van der Waals surface area contributed by atoms with Gasteiger partial charge in [-0.2, -0.15) is 18.3 Å². The Labute approximate surface area is 201 Å². The van der Waals surface area contributed by atoms with Gasteiger partial charge >= 0.3 is 6.18 Å². The van der Waals surface area contributed by atoms with Gasteiger partial charge in [-0.3, -0.25) is 9.59 Å². The van der Waals surface area contributed by atoms with Crippen molar-refractivity contribution in [2.75, 3.05) is 19.0 Å². The van der Waals surface area contributed by atoms with Gasteiger partial charge in [0.2, 0.25) is 11.8 Å². The minimum Gasteiger partial charge on any atom is -0.493 e. The fourth-order valence-electron chi connectivity index (χ4n) is 2.53. The van der Waals surface area contributed by atoms with E-state index in [-0.39, 0.29) is 25.1 Å². The molecule has 0 atom stereocenters. The second kappa shape index (κ2) is 12.1. The molecule has 0 saturated carbocycles. The highest BCUT2D eigenvalue weighted by Gasteiger charge is 2.30. The molecule has 7 nitrogen and oxygen atoms in total. The number of hydrogen-bond donors (Lipinski definition) is 2. The highest BCUT2D eigenvalue weighted by atomic mass is 127. The fourth-order valence-corrected chi connectivity index (χ4v) is 3.31. The number of rotatable bonds is 9. The fraction of sp³-hybridized carbons (Fsp3) is 0.227. The number of halogens is 4. The van der Waals surface area contributed by atoms with E-state index >= 15 is 0 Å². The maximum Gasteiger partial charge on any atom is 0.416 e. The zero-order chi connectivity index (χ0) is 24.4. The van der Waals surface area contributed by atoms with E-state index in [1.807, 2.05) is 22.6 Å². The molecule has 2 aromatic rings. The van der Waals surface area contributed by atoms with Crippen LogP contribution in [0.4, 0.5) is 18.9 Å². The van der Waals surface area contributed by atoms with E-state index in [1.54, 1.807) is 12.1 Å². The highest BCUT2D eigenvalue weighted by molar-refractivity contribution is 14.1. The van der Waals surface area contributed by atoms with Crippen molar-refractivity contribution in [1.29, 1.82) is 0 Å². The smallest absolute Gasteiger partial charge is 0.416 e. The Hall–Kier alpha value is -3.27. The number of nitrogens with zero attached hydrogens (tertiary/aromatic N) is 1. The quantitative estimate of drug-likeness (QED) is 0.204. The van der Waals surface area contributed by atoms with Gasteiger partial charge < -0.3 is 14.8 Å². The SMILES string of the molecule is C#CCOc1c(I)cc(C=NNC(=O)CCC(=O)Nc2cccc(C(F)(F)F)c2)cc1OC. The lowest BCUT2D eigenvalue weighted by Gasteiger charge is -2.11. The molecule has 0 fully saturated rings. The summed E-state index contributed by atoms with van der Waals surface area (Å²) in [6, 6.07) is 7.62. The van der Waals surface area contributed by atoms with E-state index < -0.39 is 23.6 Å². The average Bonchev–Trinajstić information content (AvgIpc) is 2.76. The summed E-state index contributed by atoms with van der Waals surface area (Å²) in [6.07, 6.45) is 1.63. The van der Waals surface area contributed by atoms with E-state index in [4.69, 9.17) is 15.9 Å². The Kier molecular flexibility index (Phi) is 9.53. The Morgan fingerprint density at radius 1 is 1.21 bits per heavy atom. The zero-order valence-electron chi connectivity index (χ0n) is 17.3. The summed E-state index contributed by atoms with van der Waals surface area (Å²) < 4.78 is 49.7. The summed E-state index contributed by atoms with van der Waals surface area (Å²) >= 11 is 2.05. The first-order chi connectivity index (χ1) is 15.6. The molecule has 33 heavy (non-hydrogen) atoms. The van der Waals surface area contributed by atoms with Gasteiger partial charge in [-0.05, 0) is 58.5 Å². The number of amides is 2. The minimum absolute atomic E-state index is 0.00789. The molecule has 0 saturated heterocycles. The van der Waals surface area contributed by atoms with Crippen LogP contribution in [0.3, 0.4) is 0 Å². The number of nitrogens with one attached hydrogen (secondary N) is 2. The van der Waals surface area contributed by atoms with Crippen LogP contribution < -0.4 is 20.2 Å². The largest absolute Gasteiger partial charge is 0.493 e. The summed E-state index contributed by atoms with van der Waals surface area (Å²) in [5, 5.41) is 6.17. The highest BCUT2D eigenvalue weighted by Crippen LogP contribution is 2.33. The molecule has 2 N–H and O–H groups in total. The number of alkyl halides is 3. The van der Waals surface area contributed by atoms with Gasteiger partial charge in [0.1, 0.15) is 6.61 Å². The Morgan fingerprint density at radius 2 is 1.94 bits per heavy atom. The monoisotopic (exact) mass is 573 g/mol. The van der Waals surface area contributed by atoms with Crippen molar-refractivity contribution < 1.29 is 32.2 Å². The van der Waals surface area contributed by atoms with Crippen molar-refractivity contribution in [1.82, 2.24) is 5.43 Å². The number of ether oxygens (including phenoxy) is 2. The summed E-state index contributed by atoms with van der Waals surface area (Å²) in [7, 11) is 1.47. The number of anilines is 1. The number of terminal acetylenes is 1. The van der Waals surface area contributed by atoms with Gasteiger partial charge in [0, 0.05) is 18.5 Å². The summed E-state index contributed by atoms with van der Waals surface area (Å²) in [5.74, 6) is 2.16. The second-order valence-corrected chi connectivity index (χ2v) is 7.61. The lowest BCUT2D eigenvalue weighted by atomic mass is 10.2. The number of hydrazone groups is 1. The normalized spacial score (nSPS) is 11.0. The molecule has 0 bridgehead atoms. The molecule has 0 aliphatic rings. The van der Waals surface area contributed by atoms with Crippen LogP contribution in [0.5, 0.6) is 11.5 Å². The van der Waals surface area contributed by atoms with E-state index in [9.17, 15) is 22.8 Å². The van der Waals surface area contributed by atoms with Crippen LogP contribution in [0, 0.1) is 15.9 Å². The molecule has 0 unspecified atom stereocenters. The predicted octanol–water partition coefficient (Wildman–Crippen LogP) is 4.20. The third kappa shape index (κ3) is 8.30. The van der Waals surface area contributed by atoms with Crippen molar-refractivity contribution in [2.24, 2.45) is 5.10 Å². The first-order valence-corrected chi connectivity index (χ1v) is 10.4. The number of carbonyl (C=O) groups excluding carboxylic acids is 2. The van der Waals surface area contributed by atoms with Crippen molar-refractivity contribution in [3.8, 4) is 23.8 Å². The van der Waals surface area contributed by atoms with Crippen LogP contribution in [-0.2, 0) is 15.8 Å². The van der Waals surface area contributed by atoms with Crippen molar-refractivity contribution >= 4 is 46.3 Å². The minimum atomic E-state index is -4.52. The summed E-state index contributed by atoms with van der Waals surface area (Å²) in [4.78, 5) is 23.9. The van der Waals surface area contributed by atoms with Crippen LogP contribution >= 0.6 is 22.6 Å². The van der Waals surface area contributed by atoms with Crippen molar-refractivity contribution in [2.45, 2.75) is 19.0 Å². The van der Waals surface area contributed by atoms with Crippen LogP contribution in [-0.4, -0.2) is 31.7 Å². The zero-order valence-corrected chi connectivity index (χ0v) is 19.5. The molecule has 0 aliphatic heterocycles. The summed E-state index contributed by atoms with van der Waals surface area (Å²) in [6.45, 7) is 0.0806. The maximum absolute atomic E-state index is 12.7. The van der Waals surface area contributed by atoms with Crippen LogP contribution in [0.1, 0.15) is 24.0 Å². The number of methoxy groups -OCH3 is 1. The van der Waals surface area contributed by atoms with Crippen LogP contribution in [0.2, 0.25) is 0 Å². The molecule has 174 valence electrons. The van der Waals surface area contributed by atoms with Crippen LogP contribution in [0.25, 0.3) is 0 Å².